The first-order valence-corrected chi connectivity index (χ1v) is 2.97. The summed E-state index contributed by atoms with van der Waals surface area (Å²) >= 11 is 0. The minimum Gasteiger partial charge on any atom is -0.507 e. The number of benzene rings is 1. The van der Waals surface area contributed by atoms with Gasteiger partial charge in [0.2, 0.25) is 0 Å². The van der Waals surface area contributed by atoms with E-state index in [0.717, 1.165) is 0 Å². The molecule has 0 fully saturated rings. The zero-order chi connectivity index (χ0) is 8.27. The number of anilines is 1. The third-order valence-electron chi connectivity index (χ3n) is 1.28. The van der Waals surface area contributed by atoms with Gasteiger partial charge in [-0.05, 0) is 18.2 Å². The lowest BCUT2D eigenvalue weighted by Crippen LogP contribution is -2.06. The minimum absolute atomic E-state index is 0.0356. The second-order valence-electron chi connectivity index (χ2n) is 1.99. The Morgan fingerprint density at radius 2 is 2.27 bits per heavy atom. The van der Waals surface area contributed by atoms with Gasteiger partial charge >= 0.3 is 0 Å². The van der Waals surface area contributed by atoms with Crippen molar-refractivity contribution in [3.05, 3.63) is 23.8 Å². The highest BCUT2D eigenvalue weighted by molar-refractivity contribution is 5.54. The molecular formula is C7H7N3O. The van der Waals surface area contributed by atoms with E-state index in [-0.39, 0.29) is 11.3 Å². The molecule has 4 nitrogen and oxygen atoms in total. The van der Waals surface area contributed by atoms with Crippen LogP contribution in [0, 0.1) is 11.3 Å². The van der Waals surface area contributed by atoms with Crippen LogP contribution in [0.5, 0.6) is 5.75 Å². The average molecular weight is 149 g/mol. The standard InChI is InChI=1S/C7H7N3O/c8-4-5-3-6(10-9)1-2-7(5)11/h1-3,10-11H,9H2. The van der Waals surface area contributed by atoms with Gasteiger partial charge in [0, 0.05) is 0 Å². The highest BCUT2D eigenvalue weighted by Crippen LogP contribution is 2.19. The Labute approximate surface area is 63.8 Å². The Morgan fingerprint density at radius 1 is 1.55 bits per heavy atom. The van der Waals surface area contributed by atoms with E-state index in [2.05, 4.69) is 5.43 Å². The van der Waals surface area contributed by atoms with Crippen LogP contribution in [0.2, 0.25) is 0 Å². The summed E-state index contributed by atoms with van der Waals surface area (Å²) in [4.78, 5) is 0. The quantitative estimate of drug-likeness (QED) is 0.309. The van der Waals surface area contributed by atoms with Crippen molar-refractivity contribution < 1.29 is 5.11 Å². The first-order chi connectivity index (χ1) is 5.27. The lowest BCUT2D eigenvalue weighted by Gasteiger charge is -2.00. The number of rotatable bonds is 1. The fraction of sp³-hybridized carbons (Fsp3) is 0. The van der Waals surface area contributed by atoms with Crippen molar-refractivity contribution in [1.82, 2.24) is 0 Å². The normalized spacial score (nSPS) is 8.73. The van der Waals surface area contributed by atoms with Gasteiger partial charge in [0.1, 0.15) is 11.8 Å². The van der Waals surface area contributed by atoms with Crippen LogP contribution in [-0.4, -0.2) is 5.11 Å². The number of nitrogens with zero attached hydrogens (tertiary/aromatic N) is 1. The summed E-state index contributed by atoms with van der Waals surface area (Å²) in [5.74, 6) is 5.05. The van der Waals surface area contributed by atoms with E-state index >= 15 is 0 Å². The average Bonchev–Trinajstić information content (AvgIpc) is 2.05. The Morgan fingerprint density at radius 3 is 2.82 bits per heavy atom. The maximum Gasteiger partial charge on any atom is 0.133 e. The maximum absolute atomic E-state index is 9.04. The number of nitrogen functional groups attached to an aromatic ring is 1. The molecule has 0 aliphatic heterocycles. The van der Waals surface area contributed by atoms with Crippen LogP contribution in [0.3, 0.4) is 0 Å². The first kappa shape index (κ1) is 7.38. The van der Waals surface area contributed by atoms with Crippen LogP contribution >= 0.6 is 0 Å². The summed E-state index contributed by atoms with van der Waals surface area (Å²) in [5.41, 5.74) is 3.17. The van der Waals surface area contributed by atoms with Crippen molar-refractivity contribution >= 4 is 5.69 Å². The van der Waals surface area contributed by atoms with Gasteiger partial charge in [-0.3, -0.25) is 5.84 Å². The molecular weight excluding hydrogens is 142 g/mol. The molecule has 1 aromatic rings. The highest BCUT2D eigenvalue weighted by atomic mass is 16.3. The molecule has 11 heavy (non-hydrogen) atoms. The van der Waals surface area contributed by atoms with Gasteiger partial charge in [0.25, 0.3) is 0 Å². The summed E-state index contributed by atoms with van der Waals surface area (Å²) in [5, 5.41) is 17.5. The second kappa shape index (κ2) is 2.90. The topological polar surface area (TPSA) is 82.1 Å². The van der Waals surface area contributed by atoms with Gasteiger partial charge in [-0.25, -0.2) is 0 Å². The van der Waals surface area contributed by atoms with Crippen LogP contribution < -0.4 is 11.3 Å². The fourth-order valence-corrected chi connectivity index (χ4v) is 0.715. The Balaban J connectivity index is 3.15. The lowest BCUT2D eigenvalue weighted by molar-refractivity contribution is 0.473. The van der Waals surface area contributed by atoms with Crippen LogP contribution in [0.4, 0.5) is 5.69 Å². The van der Waals surface area contributed by atoms with Crippen LogP contribution in [-0.2, 0) is 0 Å². The second-order valence-corrected chi connectivity index (χ2v) is 1.99. The van der Waals surface area contributed by atoms with Crippen molar-refractivity contribution in [2.45, 2.75) is 0 Å². The predicted molar refractivity (Wildman–Crippen MR) is 40.6 cm³/mol. The molecule has 4 heteroatoms. The van der Waals surface area contributed by atoms with Gasteiger partial charge in [0.15, 0.2) is 0 Å². The number of hydrogen-bond acceptors (Lipinski definition) is 4. The van der Waals surface area contributed by atoms with Crippen LogP contribution in [0.15, 0.2) is 18.2 Å². The molecule has 0 heterocycles. The monoisotopic (exact) mass is 149 g/mol. The number of hydrogen-bond donors (Lipinski definition) is 3. The first-order valence-electron chi connectivity index (χ1n) is 2.97. The largest absolute Gasteiger partial charge is 0.507 e. The number of hydrazine groups is 1. The number of aromatic hydroxyl groups is 1. The molecule has 56 valence electrons. The molecule has 1 rings (SSSR count). The summed E-state index contributed by atoms with van der Waals surface area (Å²) in [6.07, 6.45) is 0. The number of nitrogens with one attached hydrogen (secondary N) is 1. The molecule has 1 aromatic carbocycles. The van der Waals surface area contributed by atoms with E-state index in [1.165, 1.54) is 12.1 Å². The number of nitriles is 1. The van der Waals surface area contributed by atoms with E-state index in [9.17, 15) is 0 Å². The molecule has 0 spiro atoms. The van der Waals surface area contributed by atoms with E-state index in [1.54, 1.807) is 6.07 Å². The third-order valence-corrected chi connectivity index (χ3v) is 1.28. The van der Waals surface area contributed by atoms with Crippen molar-refractivity contribution in [1.29, 1.82) is 5.26 Å². The molecule has 0 aliphatic rings. The van der Waals surface area contributed by atoms with Gasteiger partial charge in [-0.1, -0.05) is 0 Å². The number of nitrogens with two attached hydrogens (primary N) is 1. The molecule has 0 atom stereocenters. The van der Waals surface area contributed by atoms with Gasteiger partial charge in [-0.2, -0.15) is 5.26 Å². The van der Waals surface area contributed by atoms with Gasteiger partial charge in [-0.15, -0.1) is 0 Å². The fourth-order valence-electron chi connectivity index (χ4n) is 0.715. The van der Waals surface area contributed by atoms with Gasteiger partial charge < -0.3 is 10.5 Å². The smallest absolute Gasteiger partial charge is 0.133 e. The molecule has 0 saturated carbocycles. The van der Waals surface area contributed by atoms with Gasteiger partial charge in [0.05, 0.1) is 11.3 Å². The maximum atomic E-state index is 9.04. The zero-order valence-corrected chi connectivity index (χ0v) is 5.70. The molecule has 0 saturated heterocycles. The summed E-state index contributed by atoms with van der Waals surface area (Å²) in [7, 11) is 0. The van der Waals surface area contributed by atoms with Crippen LogP contribution in [0.1, 0.15) is 5.56 Å². The minimum atomic E-state index is -0.0356. The van der Waals surface area contributed by atoms with Crippen LogP contribution in [0.25, 0.3) is 0 Å². The summed E-state index contributed by atoms with van der Waals surface area (Å²) in [6.45, 7) is 0. The summed E-state index contributed by atoms with van der Waals surface area (Å²) in [6, 6.07) is 6.28. The predicted octanol–water partition coefficient (Wildman–Crippen LogP) is 0.549. The molecule has 0 amide bonds. The molecule has 0 aromatic heterocycles. The molecule has 0 unspecified atom stereocenters. The van der Waals surface area contributed by atoms with Crippen molar-refractivity contribution in [3.8, 4) is 11.8 Å². The third kappa shape index (κ3) is 1.39. The van der Waals surface area contributed by atoms with Crippen molar-refractivity contribution in [2.24, 2.45) is 5.84 Å². The molecule has 0 bridgehead atoms. The van der Waals surface area contributed by atoms with E-state index in [0.29, 0.717) is 5.69 Å². The summed E-state index contributed by atoms with van der Waals surface area (Å²) < 4.78 is 0. The van der Waals surface area contributed by atoms with E-state index in [1.807, 2.05) is 6.07 Å². The molecule has 4 N–H and O–H groups in total. The Bertz CT molecular complexity index is 303. The van der Waals surface area contributed by atoms with E-state index < -0.39 is 0 Å². The lowest BCUT2D eigenvalue weighted by atomic mass is 10.2. The molecule has 0 radical (unpaired) electrons. The zero-order valence-electron chi connectivity index (χ0n) is 5.70. The number of phenolic OH excluding ortho intramolecular Hbond substituents is 1. The number of phenols is 1. The highest BCUT2D eigenvalue weighted by Gasteiger charge is 1.99. The molecule has 0 aliphatic carbocycles. The SMILES string of the molecule is N#Cc1cc(NN)ccc1O. The van der Waals surface area contributed by atoms with E-state index in [4.69, 9.17) is 16.2 Å². The van der Waals surface area contributed by atoms with Crippen molar-refractivity contribution in [2.75, 3.05) is 5.43 Å². The Kier molecular flexibility index (Phi) is 1.95. The van der Waals surface area contributed by atoms with Crippen molar-refractivity contribution in [3.63, 3.8) is 0 Å². The Hall–Kier alpha value is -1.73.